The Morgan fingerprint density at radius 1 is 1.62 bits per heavy atom. The third kappa shape index (κ3) is 2.57. The lowest BCUT2D eigenvalue weighted by atomic mass is 10.0. The molecule has 0 saturated heterocycles. The number of nitrogens with two attached hydrogens (primary N) is 1. The fourth-order valence-corrected chi connectivity index (χ4v) is 1.48. The summed E-state index contributed by atoms with van der Waals surface area (Å²) in [5, 5.41) is 8.61. The maximum absolute atomic E-state index is 12.6. The summed E-state index contributed by atoms with van der Waals surface area (Å²) < 4.78 is 25.1. The predicted octanol–water partition coefficient (Wildman–Crippen LogP) is 1.97. The van der Waals surface area contributed by atoms with Gasteiger partial charge in [-0.25, -0.2) is 8.78 Å². The van der Waals surface area contributed by atoms with Crippen LogP contribution in [-0.4, -0.2) is 16.1 Å². The van der Waals surface area contributed by atoms with Crippen molar-refractivity contribution in [2.75, 3.05) is 5.73 Å². The van der Waals surface area contributed by atoms with E-state index in [2.05, 4.69) is 4.98 Å². The molecule has 88 valence electrons. The number of carboxylic acid groups (broad SMARTS) is 1. The fraction of sp³-hybridized carbons (Fsp3) is 0.333. The number of alkyl halides is 3. The van der Waals surface area contributed by atoms with Crippen molar-refractivity contribution in [2.24, 2.45) is 0 Å². The van der Waals surface area contributed by atoms with E-state index in [9.17, 15) is 13.6 Å². The molecule has 0 aliphatic carbocycles. The molecule has 1 aromatic heterocycles. The highest BCUT2D eigenvalue weighted by molar-refractivity contribution is 6.17. The van der Waals surface area contributed by atoms with Gasteiger partial charge in [0.25, 0.3) is 6.43 Å². The number of nitrogen functional groups attached to an aromatic ring is 1. The van der Waals surface area contributed by atoms with Gasteiger partial charge in [0, 0.05) is 11.8 Å². The average Bonchev–Trinajstić information content (AvgIpc) is 2.19. The van der Waals surface area contributed by atoms with Crippen molar-refractivity contribution in [2.45, 2.75) is 18.7 Å². The molecule has 0 amide bonds. The largest absolute Gasteiger partial charge is 0.481 e. The average molecular weight is 251 g/mol. The first kappa shape index (κ1) is 12.6. The predicted molar refractivity (Wildman–Crippen MR) is 54.5 cm³/mol. The van der Waals surface area contributed by atoms with Gasteiger partial charge in [-0.15, -0.1) is 11.6 Å². The van der Waals surface area contributed by atoms with E-state index in [0.29, 0.717) is 0 Å². The summed E-state index contributed by atoms with van der Waals surface area (Å²) in [6, 6.07) is 0. The van der Waals surface area contributed by atoms with Crippen LogP contribution in [0.1, 0.15) is 23.2 Å². The van der Waals surface area contributed by atoms with Crippen LogP contribution in [0.25, 0.3) is 0 Å². The van der Waals surface area contributed by atoms with Gasteiger partial charge in [0.05, 0.1) is 23.7 Å². The van der Waals surface area contributed by atoms with Crippen molar-refractivity contribution < 1.29 is 18.7 Å². The molecule has 4 nitrogen and oxygen atoms in total. The summed E-state index contributed by atoms with van der Waals surface area (Å²) in [5.74, 6) is -1.29. The lowest BCUT2D eigenvalue weighted by Crippen LogP contribution is -2.10. The molecular weight excluding hydrogens is 242 g/mol. The molecule has 0 radical (unpaired) electrons. The third-order valence-corrected chi connectivity index (χ3v) is 2.29. The molecule has 0 aliphatic rings. The summed E-state index contributed by atoms with van der Waals surface area (Å²) in [5.41, 5.74) is 5.09. The molecule has 1 aromatic rings. The third-order valence-electron chi connectivity index (χ3n) is 2.03. The van der Waals surface area contributed by atoms with Crippen LogP contribution in [0.2, 0.25) is 0 Å². The zero-order valence-electron chi connectivity index (χ0n) is 8.08. The van der Waals surface area contributed by atoms with Gasteiger partial charge in [-0.3, -0.25) is 9.78 Å². The molecule has 0 bridgehead atoms. The number of hydrogen-bond acceptors (Lipinski definition) is 3. The Morgan fingerprint density at radius 3 is 2.69 bits per heavy atom. The number of carboxylic acids is 1. The molecular formula is C9H9ClF2N2O2. The summed E-state index contributed by atoms with van der Waals surface area (Å²) in [6.45, 7) is 0. The highest BCUT2D eigenvalue weighted by atomic mass is 35.5. The number of pyridine rings is 1. The van der Waals surface area contributed by atoms with Crippen LogP contribution in [0.15, 0.2) is 6.20 Å². The van der Waals surface area contributed by atoms with Crippen LogP contribution in [-0.2, 0) is 17.1 Å². The van der Waals surface area contributed by atoms with Crippen LogP contribution >= 0.6 is 11.6 Å². The van der Waals surface area contributed by atoms with Crippen molar-refractivity contribution in [1.82, 2.24) is 4.98 Å². The number of rotatable bonds is 4. The number of carbonyl (C=O) groups is 1. The van der Waals surface area contributed by atoms with E-state index in [1.807, 2.05) is 0 Å². The van der Waals surface area contributed by atoms with Gasteiger partial charge in [0.15, 0.2) is 0 Å². The summed E-state index contributed by atoms with van der Waals surface area (Å²) in [6.07, 6.45) is -2.47. The second-order valence-corrected chi connectivity index (χ2v) is 3.32. The minimum absolute atomic E-state index is 0.0536. The van der Waals surface area contributed by atoms with Gasteiger partial charge < -0.3 is 10.8 Å². The highest BCUT2D eigenvalue weighted by Crippen LogP contribution is 2.29. The second kappa shape index (κ2) is 5.07. The molecule has 0 spiro atoms. The van der Waals surface area contributed by atoms with Gasteiger partial charge in [-0.1, -0.05) is 0 Å². The van der Waals surface area contributed by atoms with Crippen LogP contribution in [0.4, 0.5) is 14.5 Å². The Morgan fingerprint density at radius 2 is 2.25 bits per heavy atom. The zero-order valence-corrected chi connectivity index (χ0v) is 8.84. The minimum Gasteiger partial charge on any atom is -0.481 e. The Balaban J connectivity index is 3.30. The van der Waals surface area contributed by atoms with Crippen molar-refractivity contribution >= 4 is 23.3 Å². The van der Waals surface area contributed by atoms with Gasteiger partial charge in [0.1, 0.15) is 0 Å². The van der Waals surface area contributed by atoms with Crippen LogP contribution in [0, 0.1) is 0 Å². The van der Waals surface area contributed by atoms with Gasteiger partial charge in [-0.2, -0.15) is 0 Å². The first-order valence-electron chi connectivity index (χ1n) is 4.29. The zero-order chi connectivity index (χ0) is 12.3. The molecule has 0 aliphatic heterocycles. The molecule has 0 aromatic carbocycles. The molecule has 1 heterocycles. The van der Waals surface area contributed by atoms with E-state index < -0.39 is 24.4 Å². The summed E-state index contributed by atoms with van der Waals surface area (Å²) >= 11 is 5.50. The quantitative estimate of drug-likeness (QED) is 0.801. The van der Waals surface area contributed by atoms with E-state index in [-0.39, 0.29) is 22.8 Å². The lowest BCUT2D eigenvalue weighted by Gasteiger charge is -2.12. The van der Waals surface area contributed by atoms with Crippen molar-refractivity contribution in [3.8, 4) is 0 Å². The number of hydrogen-bond donors (Lipinski definition) is 2. The Hall–Kier alpha value is -1.43. The summed E-state index contributed by atoms with van der Waals surface area (Å²) in [7, 11) is 0. The Labute approximate surface area is 95.0 Å². The lowest BCUT2D eigenvalue weighted by molar-refractivity contribution is -0.136. The van der Waals surface area contributed by atoms with Gasteiger partial charge in [0.2, 0.25) is 0 Å². The normalized spacial score (nSPS) is 10.8. The molecule has 7 heteroatoms. The molecule has 1 rings (SSSR count). The Bertz CT molecular complexity index is 413. The number of aliphatic carboxylic acids is 1. The maximum Gasteiger partial charge on any atom is 0.307 e. The van der Waals surface area contributed by atoms with Crippen LogP contribution in [0.5, 0.6) is 0 Å². The number of aromatic nitrogens is 1. The molecule has 16 heavy (non-hydrogen) atoms. The van der Waals surface area contributed by atoms with Crippen LogP contribution < -0.4 is 5.73 Å². The Kier molecular flexibility index (Phi) is 4.00. The molecule has 0 unspecified atom stereocenters. The highest BCUT2D eigenvalue weighted by Gasteiger charge is 2.20. The topological polar surface area (TPSA) is 76.2 Å². The molecule has 3 N–H and O–H groups in total. The second-order valence-electron chi connectivity index (χ2n) is 3.06. The molecule has 0 fully saturated rings. The maximum atomic E-state index is 12.6. The van der Waals surface area contributed by atoms with E-state index in [4.69, 9.17) is 22.4 Å². The standard InChI is InChI=1S/C9H9ClF2N2O2/c10-2-6-8(13)4(1-7(15)16)5(3-14-6)9(11)12/h3,9H,1-2,13H2,(H,15,16). The summed E-state index contributed by atoms with van der Waals surface area (Å²) in [4.78, 5) is 14.2. The van der Waals surface area contributed by atoms with Crippen molar-refractivity contribution in [1.29, 1.82) is 0 Å². The van der Waals surface area contributed by atoms with Gasteiger partial charge in [-0.05, 0) is 5.56 Å². The van der Waals surface area contributed by atoms with Crippen molar-refractivity contribution in [3.05, 3.63) is 23.0 Å². The smallest absolute Gasteiger partial charge is 0.307 e. The first-order valence-corrected chi connectivity index (χ1v) is 4.82. The molecule has 0 atom stereocenters. The first-order chi connectivity index (χ1) is 7.47. The monoisotopic (exact) mass is 250 g/mol. The SMILES string of the molecule is Nc1c(CCl)ncc(C(F)F)c1CC(=O)O. The van der Waals surface area contributed by atoms with E-state index in [1.165, 1.54) is 0 Å². The number of halogens is 3. The van der Waals surface area contributed by atoms with Crippen LogP contribution in [0.3, 0.4) is 0 Å². The minimum atomic E-state index is -2.81. The number of nitrogens with zero attached hydrogens (tertiary/aromatic N) is 1. The molecule has 0 saturated carbocycles. The fourth-order valence-electron chi connectivity index (χ4n) is 1.27. The van der Waals surface area contributed by atoms with Gasteiger partial charge >= 0.3 is 5.97 Å². The van der Waals surface area contributed by atoms with E-state index in [1.54, 1.807) is 0 Å². The van der Waals surface area contributed by atoms with E-state index >= 15 is 0 Å². The van der Waals surface area contributed by atoms with Crippen molar-refractivity contribution in [3.63, 3.8) is 0 Å². The number of anilines is 1. The van der Waals surface area contributed by atoms with E-state index in [0.717, 1.165) is 6.20 Å².